The first-order valence-electron chi connectivity index (χ1n) is 9.81. The quantitative estimate of drug-likeness (QED) is 0.656. The van der Waals surface area contributed by atoms with Gasteiger partial charge in [-0.25, -0.2) is 8.42 Å². The Morgan fingerprint density at radius 2 is 1.59 bits per heavy atom. The van der Waals surface area contributed by atoms with Gasteiger partial charge in [0.05, 0.1) is 11.4 Å². The number of rotatable bonds is 6. The van der Waals surface area contributed by atoms with Gasteiger partial charge in [-0.2, -0.15) is 4.31 Å². The lowest BCUT2D eigenvalue weighted by Crippen LogP contribution is -2.53. The Morgan fingerprint density at radius 3 is 2.03 bits per heavy atom. The third-order valence-electron chi connectivity index (χ3n) is 5.68. The van der Waals surface area contributed by atoms with Crippen LogP contribution in [-0.4, -0.2) is 73.6 Å². The molecule has 2 rings (SSSR count). The molecule has 0 atom stereocenters. The third kappa shape index (κ3) is 4.70. The molecular weight excluding hydrogens is 390 g/mol. The molecule has 8 heteroatoms. The smallest absolute Gasteiger partial charge is 0.246 e. The standard InChI is InChI=1S/C21H31N3O4S/c1-7-19(25)22(8-2)14-20(26)23-9-11-24(12-10-23)29(27,28)21-17(5)15(3)13-16(4)18(21)6/h7,13H,1,8-12,14H2,2-6H3. The fourth-order valence-electron chi connectivity index (χ4n) is 3.61. The molecule has 160 valence electrons. The number of carbonyl (C=O) groups is 2. The SMILES string of the molecule is C=CC(=O)N(CC)CC(=O)N1CCN(S(=O)(=O)c2c(C)c(C)cc(C)c2C)CC1. The Kier molecular flexibility index (Phi) is 7.24. The zero-order chi connectivity index (χ0) is 21.9. The number of aryl methyl sites for hydroxylation is 2. The van der Waals surface area contributed by atoms with Crippen molar-refractivity contribution in [2.24, 2.45) is 0 Å². The van der Waals surface area contributed by atoms with Crippen molar-refractivity contribution in [3.05, 3.63) is 41.0 Å². The Labute approximate surface area is 174 Å². The van der Waals surface area contributed by atoms with E-state index in [2.05, 4.69) is 6.58 Å². The minimum absolute atomic E-state index is 0.0244. The molecule has 0 unspecified atom stereocenters. The number of hydrogen-bond acceptors (Lipinski definition) is 4. The van der Waals surface area contributed by atoms with E-state index < -0.39 is 10.0 Å². The van der Waals surface area contributed by atoms with E-state index in [1.54, 1.807) is 11.8 Å². The van der Waals surface area contributed by atoms with Crippen molar-refractivity contribution in [2.45, 2.75) is 39.5 Å². The summed E-state index contributed by atoms with van der Waals surface area (Å²) in [5.74, 6) is -0.472. The van der Waals surface area contributed by atoms with Crippen molar-refractivity contribution in [1.82, 2.24) is 14.1 Å². The molecule has 1 aliphatic rings. The zero-order valence-electron chi connectivity index (χ0n) is 18.0. The Bertz CT molecular complexity index is 890. The molecule has 7 nitrogen and oxygen atoms in total. The molecule has 1 heterocycles. The summed E-state index contributed by atoms with van der Waals surface area (Å²) in [6, 6.07) is 2.00. The van der Waals surface area contributed by atoms with Gasteiger partial charge in [0.15, 0.2) is 0 Å². The highest BCUT2D eigenvalue weighted by atomic mass is 32.2. The van der Waals surface area contributed by atoms with Crippen LogP contribution in [-0.2, 0) is 19.6 Å². The molecule has 1 fully saturated rings. The molecule has 0 N–H and O–H groups in total. The van der Waals surface area contributed by atoms with E-state index in [1.165, 1.54) is 15.3 Å². The number of sulfonamides is 1. The van der Waals surface area contributed by atoms with Crippen LogP contribution in [0, 0.1) is 27.7 Å². The van der Waals surface area contributed by atoms with Crippen LogP contribution in [0.4, 0.5) is 0 Å². The van der Waals surface area contributed by atoms with Gasteiger partial charge in [0, 0.05) is 32.7 Å². The molecular formula is C21H31N3O4S. The molecule has 0 radical (unpaired) electrons. The average molecular weight is 422 g/mol. The predicted molar refractivity (Wildman–Crippen MR) is 113 cm³/mol. The summed E-state index contributed by atoms with van der Waals surface area (Å²) in [5.41, 5.74) is 3.44. The summed E-state index contributed by atoms with van der Waals surface area (Å²) >= 11 is 0. The van der Waals surface area contributed by atoms with E-state index in [9.17, 15) is 18.0 Å². The number of likely N-dealkylation sites (N-methyl/N-ethyl adjacent to an activating group) is 1. The number of piperazine rings is 1. The van der Waals surface area contributed by atoms with Crippen LogP contribution in [0.5, 0.6) is 0 Å². The maximum Gasteiger partial charge on any atom is 0.246 e. The molecule has 0 bridgehead atoms. The first-order chi connectivity index (χ1) is 13.5. The fraction of sp³-hybridized carbons (Fsp3) is 0.524. The molecule has 1 aromatic carbocycles. The number of benzene rings is 1. The lowest BCUT2D eigenvalue weighted by atomic mass is 10.0. The van der Waals surface area contributed by atoms with Crippen molar-refractivity contribution in [3.63, 3.8) is 0 Å². The van der Waals surface area contributed by atoms with Gasteiger partial charge in [-0.15, -0.1) is 0 Å². The minimum Gasteiger partial charge on any atom is -0.339 e. The van der Waals surface area contributed by atoms with E-state index >= 15 is 0 Å². The van der Waals surface area contributed by atoms with Crippen molar-refractivity contribution in [3.8, 4) is 0 Å². The van der Waals surface area contributed by atoms with Crippen molar-refractivity contribution < 1.29 is 18.0 Å². The molecule has 1 aromatic rings. The van der Waals surface area contributed by atoms with Gasteiger partial charge in [-0.05, 0) is 62.9 Å². The highest BCUT2D eigenvalue weighted by Gasteiger charge is 2.33. The molecule has 0 aromatic heterocycles. The summed E-state index contributed by atoms with van der Waals surface area (Å²) in [5, 5.41) is 0. The van der Waals surface area contributed by atoms with Crippen LogP contribution < -0.4 is 0 Å². The average Bonchev–Trinajstić information content (AvgIpc) is 2.69. The summed E-state index contributed by atoms with van der Waals surface area (Å²) in [4.78, 5) is 27.7. The van der Waals surface area contributed by atoms with Gasteiger partial charge in [0.1, 0.15) is 0 Å². The first kappa shape index (κ1) is 23.1. The van der Waals surface area contributed by atoms with Gasteiger partial charge in [0.2, 0.25) is 21.8 Å². The molecule has 0 aliphatic carbocycles. The van der Waals surface area contributed by atoms with Crippen molar-refractivity contribution >= 4 is 21.8 Å². The third-order valence-corrected chi connectivity index (χ3v) is 7.85. The fourth-order valence-corrected chi connectivity index (χ4v) is 5.61. The maximum atomic E-state index is 13.3. The van der Waals surface area contributed by atoms with Crippen molar-refractivity contribution in [2.75, 3.05) is 39.3 Å². The predicted octanol–water partition coefficient (Wildman–Crippen LogP) is 1.79. The Balaban J connectivity index is 2.14. The summed E-state index contributed by atoms with van der Waals surface area (Å²) in [7, 11) is -3.65. The zero-order valence-corrected chi connectivity index (χ0v) is 18.8. The number of amides is 2. The second kappa shape index (κ2) is 9.09. The highest BCUT2D eigenvalue weighted by molar-refractivity contribution is 7.89. The van der Waals surface area contributed by atoms with Gasteiger partial charge in [-0.3, -0.25) is 9.59 Å². The van der Waals surface area contributed by atoms with Gasteiger partial charge in [0.25, 0.3) is 0 Å². The number of carbonyl (C=O) groups excluding carboxylic acids is 2. The van der Waals surface area contributed by atoms with Crippen LogP contribution in [0.15, 0.2) is 23.6 Å². The van der Waals surface area contributed by atoms with Gasteiger partial charge < -0.3 is 9.80 Å². The van der Waals surface area contributed by atoms with Crippen LogP contribution in [0.25, 0.3) is 0 Å². The topological polar surface area (TPSA) is 78.0 Å². The maximum absolute atomic E-state index is 13.3. The van der Waals surface area contributed by atoms with E-state index in [1.807, 2.05) is 33.8 Å². The molecule has 2 amide bonds. The molecule has 1 saturated heterocycles. The largest absolute Gasteiger partial charge is 0.339 e. The second-order valence-corrected chi connectivity index (χ2v) is 9.31. The highest BCUT2D eigenvalue weighted by Crippen LogP contribution is 2.29. The Hall–Kier alpha value is -2.19. The van der Waals surface area contributed by atoms with Crippen LogP contribution in [0.2, 0.25) is 0 Å². The van der Waals surface area contributed by atoms with E-state index in [0.29, 0.717) is 24.5 Å². The van der Waals surface area contributed by atoms with Gasteiger partial charge in [-0.1, -0.05) is 12.6 Å². The lowest BCUT2D eigenvalue weighted by molar-refractivity contribution is -0.138. The van der Waals surface area contributed by atoms with E-state index in [0.717, 1.165) is 22.3 Å². The van der Waals surface area contributed by atoms with E-state index in [4.69, 9.17) is 0 Å². The minimum atomic E-state index is -3.65. The second-order valence-electron chi connectivity index (χ2n) is 7.43. The van der Waals surface area contributed by atoms with Gasteiger partial charge >= 0.3 is 0 Å². The lowest BCUT2D eigenvalue weighted by Gasteiger charge is -2.35. The first-order valence-corrected chi connectivity index (χ1v) is 11.2. The van der Waals surface area contributed by atoms with Crippen LogP contribution in [0.1, 0.15) is 29.2 Å². The summed E-state index contributed by atoms with van der Waals surface area (Å²) in [6.45, 7) is 14.2. The molecule has 1 aliphatic heterocycles. The molecule has 0 spiro atoms. The van der Waals surface area contributed by atoms with E-state index in [-0.39, 0.29) is 31.4 Å². The summed E-state index contributed by atoms with van der Waals surface area (Å²) < 4.78 is 28.1. The van der Waals surface area contributed by atoms with Crippen LogP contribution >= 0.6 is 0 Å². The number of nitrogens with zero attached hydrogens (tertiary/aromatic N) is 3. The number of hydrogen-bond donors (Lipinski definition) is 0. The normalized spacial score (nSPS) is 15.3. The van der Waals surface area contributed by atoms with Crippen molar-refractivity contribution in [1.29, 1.82) is 0 Å². The Morgan fingerprint density at radius 1 is 1.07 bits per heavy atom. The monoisotopic (exact) mass is 421 g/mol. The summed E-state index contributed by atoms with van der Waals surface area (Å²) in [6.07, 6.45) is 1.19. The molecule has 0 saturated carbocycles. The van der Waals surface area contributed by atoms with Crippen LogP contribution in [0.3, 0.4) is 0 Å². The molecule has 29 heavy (non-hydrogen) atoms.